The van der Waals surface area contributed by atoms with E-state index in [0.29, 0.717) is 6.54 Å². The number of amides is 1. The topological polar surface area (TPSA) is 87.3 Å². The van der Waals surface area contributed by atoms with Crippen molar-refractivity contribution >= 4 is 15.9 Å². The molecule has 136 valence electrons. The second-order valence-corrected chi connectivity index (χ2v) is 8.68. The van der Waals surface area contributed by atoms with E-state index in [1.54, 1.807) is 12.1 Å². The Kier molecular flexibility index (Phi) is 7.38. The standard InChI is InChI=1S/C17H29N3O3S/c1-13(18-5)12-19-16(21)10-11-20-24(22,23)15-8-6-14(7-9-15)17(2,3)4/h6-9,13,18,20H,10-12H2,1-5H3,(H,19,21). The van der Waals surface area contributed by atoms with Crippen molar-refractivity contribution in [3.8, 4) is 0 Å². The summed E-state index contributed by atoms with van der Waals surface area (Å²) in [5, 5.41) is 5.76. The summed E-state index contributed by atoms with van der Waals surface area (Å²) in [6, 6.07) is 7.00. The molecule has 0 bridgehead atoms. The summed E-state index contributed by atoms with van der Waals surface area (Å²) >= 11 is 0. The molecular weight excluding hydrogens is 326 g/mol. The average molecular weight is 356 g/mol. The number of rotatable bonds is 8. The maximum absolute atomic E-state index is 12.2. The molecule has 0 radical (unpaired) electrons. The predicted octanol–water partition coefficient (Wildman–Crippen LogP) is 1.38. The van der Waals surface area contributed by atoms with Gasteiger partial charge in [0.25, 0.3) is 0 Å². The number of likely N-dealkylation sites (N-methyl/N-ethyl adjacent to an activating group) is 1. The third-order valence-electron chi connectivity index (χ3n) is 3.77. The van der Waals surface area contributed by atoms with E-state index in [2.05, 4.69) is 36.1 Å². The lowest BCUT2D eigenvalue weighted by atomic mass is 9.87. The highest BCUT2D eigenvalue weighted by molar-refractivity contribution is 7.89. The lowest BCUT2D eigenvalue weighted by molar-refractivity contribution is -0.121. The molecule has 1 unspecified atom stereocenters. The minimum absolute atomic E-state index is 0.0295. The van der Waals surface area contributed by atoms with E-state index in [9.17, 15) is 13.2 Å². The molecule has 3 N–H and O–H groups in total. The van der Waals surface area contributed by atoms with Gasteiger partial charge in [0.05, 0.1) is 4.90 Å². The molecule has 0 aliphatic heterocycles. The van der Waals surface area contributed by atoms with Crippen LogP contribution in [-0.4, -0.2) is 40.5 Å². The van der Waals surface area contributed by atoms with Crippen molar-refractivity contribution in [3.05, 3.63) is 29.8 Å². The molecule has 0 saturated carbocycles. The average Bonchev–Trinajstić information content (AvgIpc) is 2.51. The molecular formula is C17H29N3O3S. The van der Waals surface area contributed by atoms with Crippen molar-refractivity contribution in [3.63, 3.8) is 0 Å². The van der Waals surface area contributed by atoms with E-state index in [4.69, 9.17) is 0 Å². The van der Waals surface area contributed by atoms with Crippen molar-refractivity contribution in [2.75, 3.05) is 20.1 Å². The normalized spacial score (nSPS) is 13.5. The van der Waals surface area contributed by atoms with E-state index >= 15 is 0 Å². The number of benzene rings is 1. The zero-order valence-corrected chi connectivity index (χ0v) is 16.0. The summed E-state index contributed by atoms with van der Waals surface area (Å²) in [7, 11) is -1.78. The summed E-state index contributed by atoms with van der Waals surface area (Å²) in [6.07, 6.45) is 0.107. The van der Waals surface area contributed by atoms with Crippen molar-refractivity contribution < 1.29 is 13.2 Å². The van der Waals surface area contributed by atoms with Crippen LogP contribution >= 0.6 is 0 Å². The molecule has 0 fully saturated rings. The monoisotopic (exact) mass is 355 g/mol. The highest BCUT2D eigenvalue weighted by Crippen LogP contribution is 2.23. The first-order chi connectivity index (χ1) is 11.1. The van der Waals surface area contributed by atoms with Crippen LogP contribution in [0.25, 0.3) is 0 Å². The first-order valence-corrected chi connectivity index (χ1v) is 9.59. The number of sulfonamides is 1. The van der Waals surface area contributed by atoms with Gasteiger partial charge in [0.2, 0.25) is 15.9 Å². The Balaban J connectivity index is 2.53. The minimum Gasteiger partial charge on any atom is -0.355 e. The van der Waals surface area contributed by atoms with Gasteiger partial charge in [-0.1, -0.05) is 32.9 Å². The van der Waals surface area contributed by atoms with Gasteiger partial charge in [-0.3, -0.25) is 4.79 Å². The fourth-order valence-corrected chi connectivity index (χ4v) is 3.01. The lowest BCUT2D eigenvalue weighted by Crippen LogP contribution is -2.38. The number of carbonyl (C=O) groups is 1. The molecule has 7 heteroatoms. The Morgan fingerprint density at radius 2 is 1.75 bits per heavy atom. The summed E-state index contributed by atoms with van der Waals surface area (Å²) in [5.41, 5.74) is 1.04. The summed E-state index contributed by atoms with van der Waals surface area (Å²) in [4.78, 5) is 11.9. The fourth-order valence-electron chi connectivity index (χ4n) is 1.97. The van der Waals surface area contributed by atoms with Crippen LogP contribution in [0, 0.1) is 0 Å². The molecule has 0 aromatic heterocycles. The summed E-state index contributed by atoms with van der Waals surface area (Å²) in [5.74, 6) is -0.178. The van der Waals surface area contributed by atoms with Gasteiger partial charge >= 0.3 is 0 Å². The van der Waals surface area contributed by atoms with Crippen molar-refractivity contribution in [1.82, 2.24) is 15.4 Å². The molecule has 0 aliphatic rings. The number of nitrogens with one attached hydrogen (secondary N) is 3. The second kappa shape index (κ2) is 8.60. The zero-order chi connectivity index (χ0) is 18.4. The first-order valence-electron chi connectivity index (χ1n) is 8.10. The van der Waals surface area contributed by atoms with Crippen LogP contribution in [0.4, 0.5) is 0 Å². The number of hydrogen-bond acceptors (Lipinski definition) is 4. The maximum Gasteiger partial charge on any atom is 0.240 e. The molecule has 0 saturated heterocycles. The van der Waals surface area contributed by atoms with Crippen LogP contribution in [0.3, 0.4) is 0 Å². The van der Waals surface area contributed by atoms with Crippen LogP contribution in [0.15, 0.2) is 29.2 Å². The van der Waals surface area contributed by atoms with Gasteiger partial charge in [-0.05, 0) is 37.1 Å². The van der Waals surface area contributed by atoms with Crippen molar-refractivity contribution in [1.29, 1.82) is 0 Å². The molecule has 1 rings (SSSR count). The predicted molar refractivity (Wildman–Crippen MR) is 96.5 cm³/mol. The van der Waals surface area contributed by atoms with Crippen LogP contribution in [-0.2, 0) is 20.2 Å². The third kappa shape index (κ3) is 6.59. The maximum atomic E-state index is 12.2. The molecule has 0 aliphatic carbocycles. The second-order valence-electron chi connectivity index (χ2n) is 6.92. The molecule has 1 aromatic carbocycles. The largest absolute Gasteiger partial charge is 0.355 e. The third-order valence-corrected chi connectivity index (χ3v) is 5.25. The quantitative estimate of drug-likeness (QED) is 0.657. The molecule has 0 heterocycles. The first kappa shape index (κ1) is 20.6. The Morgan fingerprint density at radius 1 is 1.17 bits per heavy atom. The van der Waals surface area contributed by atoms with Gasteiger partial charge < -0.3 is 10.6 Å². The molecule has 24 heavy (non-hydrogen) atoms. The summed E-state index contributed by atoms with van der Waals surface area (Å²) < 4.78 is 26.9. The van der Waals surface area contributed by atoms with Crippen molar-refractivity contribution in [2.45, 2.75) is 50.5 Å². The van der Waals surface area contributed by atoms with Gasteiger partial charge in [0, 0.05) is 25.6 Å². The Bertz CT molecular complexity index is 634. The van der Waals surface area contributed by atoms with E-state index < -0.39 is 10.0 Å². The highest BCUT2D eigenvalue weighted by atomic mass is 32.2. The Morgan fingerprint density at radius 3 is 2.25 bits per heavy atom. The molecule has 1 atom stereocenters. The van der Waals surface area contributed by atoms with Crippen molar-refractivity contribution in [2.24, 2.45) is 0 Å². The fraction of sp³-hybridized carbons (Fsp3) is 0.588. The van der Waals surface area contributed by atoms with Gasteiger partial charge in [0.15, 0.2) is 0 Å². The lowest BCUT2D eigenvalue weighted by Gasteiger charge is -2.19. The van der Waals surface area contributed by atoms with Crippen LogP contribution in [0.2, 0.25) is 0 Å². The molecule has 1 amide bonds. The Hall–Kier alpha value is -1.44. The van der Waals surface area contributed by atoms with Crippen LogP contribution in [0.1, 0.15) is 39.7 Å². The highest BCUT2D eigenvalue weighted by Gasteiger charge is 2.17. The molecule has 0 spiro atoms. The Labute approximate surface area is 145 Å². The van der Waals surface area contributed by atoms with E-state index in [-0.39, 0.29) is 35.2 Å². The number of hydrogen-bond donors (Lipinski definition) is 3. The van der Waals surface area contributed by atoms with E-state index in [0.717, 1.165) is 5.56 Å². The number of carbonyl (C=O) groups excluding carboxylic acids is 1. The van der Waals surface area contributed by atoms with Gasteiger partial charge in [-0.25, -0.2) is 13.1 Å². The van der Waals surface area contributed by atoms with Gasteiger partial charge in [0.1, 0.15) is 0 Å². The zero-order valence-electron chi connectivity index (χ0n) is 15.1. The summed E-state index contributed by atoms with van der Waals surface area (Å²) in [6.45, 7) is 8.75. The van der Waals surface area contributed by atoms with E-state index in [1.807, 2.05) is 26.1 Å². The smallest absolute Gasteiger partial charge is 0.240 e. The molecule has 1 aromatic rings. The SMILES string of the molecule is CNC(C)CNC(=O)CCNS(=O)(=O)c1ccc(C(C)(C)C)cc1. The van der Waals surface area contributed by atoms with E-state index in [1.165, 1.54) is 0 Å². The van der Waals surface area contributed by atoms with Gasteiger partial charge in [-0.2, -0.15) is 0 Å². The van der Waals surface area contributed by atoms with Crippen LogP contribution < -0.4 is 15.4 Å². The van der Waals surface area contributed by atoms with Gasteiger partial charge in [-0.15, -0.1) is 0 Å². The molecule has 6 nitrogen and oxygen atoms in total. The van der Waals surface area contributed by atoms with Crippen LogP contribution in [0.5, 0.6) is 0 Å². The minimum atomic E-state index is -3.60.